The van der Waals surface area contributed by atoms with E-state index >= 15 is 0 Å². The van der Waals surface area contributed by atoms with Crippen molar-refractivity contribution in [2.75, 3.05) is 20.8 Å². The minimum absolute atomic E-state index is 0.0513. The van der Waals surface area contributed by atoms with Gasteiger partial charge in [0, 0.05) is 17.5 Å². The van der Waals surface area contributed by atoms with Crippen LogP contribution in [0.2, 0.25) is 0 Å². The number of amides is 2. The fraction of sp³-hybridized carbons (Fsp3) is 0.360. The molecule has 0 aliphatic heterocycles. The molecule has 1 fully saturated rings. The first-order chi connectivity index (χ1) is 16.5. The maximum Gasteiger partial charge on any atom is 0.279 e. The summed E-state index contributed by atoms with van der Waals surface area (Å²) in [6, 6.07) is 11.9. The van der Waals surface area contributed by atoms with Crippen molar-refractivity contribution < 1.29 is 19.1 Å². The molecule has 0 atom stereocenters. The van der Waals surface area contributed by atoms with Gasteiger partial charge in [0.25, 0.3) is 11.5 Å². The smallest absolute Gasteiger partial charge is 0.279 e. The molecule has 34 heavy (non-hydrogen) atoms. The lowest BCUT2D eigenvalue weighted by molar-refractivity contribution is -0.121. The van der Waals surface area contributed by atoms with Gasteiger partial charge >= 0.3 is 0 Å². The number of rotatable bonds is 7. The van der Waals surface area contributed by atoms with Gasteiger partial charge in [0.2, 0.25) is 5.91 Å². The van der Waals surface area contributed by atoms with Gasteiger partial charge in [-0.2, -0.15) is 9.78 Å². The van der Waals surface area contributed by atoms with Crippen molar-refractivity contribution in [3.05, 3.63) is 58.5 Å². The molecule has 178 valence electrons. The summed E-state index contributed by atoms with van der Waals surface area (Å²) in [4.78, 5) is 38.6. The lowest BCUT2D eigenvalue weighted by atomic mass is 9.95. The first kappa shape index (κ1) is 23.3. The molecule has 2 amide bonds. The molecule has 0 radical (unpaired) electrons. The molecule has 1 aliphatic carbocycles. The van der Waals surface area contributed by atoms with E-state index in [1.807, 2.05) is 0 Å². The third-order valence-electron chi connectivity index (χ3n) is 6.01. The summed E-state index contributed by atoms with van der Waals surface area (Å²) in [5.74, 6) is 0.149. The molecule has 4 rings (SSSR count). The number of carbonyl (C=O) groups is 2. The number of benzene rings is 2. The normalized spacial score (nSPS) is 13.9. The average molecular weight is 465 g/mol. The monoisotopic (exact) mass is 464 g/mol. The number of carbonyl (C=O) groups excluding carboxylic acids is 2. The Morgan fingerprint density at radius 1 is 1.00 bits per heavy atom. The predicted molar refractivity (Wildman–Crippen MR) is 128 cm³/mol. The number of nitrogens with zero attached hydrogens (tertiary/aromatic N) is 2. The Labute approximate surface area is 197 Å². The lowest BCUT2D eigenvalue weighted by Gasteiger charge is -2.22. The van der Waals surface area contributed by atoms with Crippen LogP contribution in [0.15, 0.2) is 47.3 Å². The van der Waals surface area contributed by atoms with Crippen LogP contribution in [0, 0.1) is 0 Å². The molecular formula is C25H28N4O5. The standard InChI is InChI=1S/C25H28N4O5/c1-33-20-13-12-17(14-21(20)34-2)29-25(32)19-11-7-6-10-18(19)23(28-29)24(31)26-15-22(30)27-16-8-4-3-5-9-16/h6-7,10-14,16H,3-5,8-9,15H2,1-2H3,(H,26,31)(H,27,30). The molecule has 1 saturated carbocycles. The van der Waals surface area contributed by atoms with E-state index in [9.17, 15) is 14.4 Å². The van der Waals surface area contributed by atoms with Crippen molar-refractivity contribution in [1.82, 2.24) is 20.4 Å². The van der Waals surface area contributed by atoms with Crippen molar-refractivity contribution in [1.29, 1.82) is 0 Å². The quantitative estimate of drug-likeness (QED) is 0.556. The number of fused-ring (bicyclic) bond motifs is 1. The van der Waals surface area contributed by atoms with Crippen LogP contribution in [0.3, 0.4) is 0 Å². The average Bonchev–Trinajstić information content (AvgIpc) is 2.88. The third-order valence-corrected chi connectivity index (χ3v) is 6.01. The van der Waals surface area contributed by atoms with Crippen LogP contribution in [0.1, 0.15) is 42.6 Å². The third kappa shape index (κ3) is 4.88. The summed E-state index contributed by atoms with van der Waals surface area (Å²) in [5.41, 5.74) is 0.0855. The van der Waals surface area contributed by atoms with Crippen LogP contribution in [-0.4, -0.2) is 48.4 Å². The topological polar surface area (TPSA) is 112 Å². The molecule has 1 heterocycles. The molecule has 3 aromatic rings. The molecule has 2 N–H and O–H groups in total. The Morgan fingerprint density at radius 2 is 1.71 bits per heavy atom. The van der Waals surface area contributed by atoms with Gasteiger partial charge in [0.05, 0.1) is 31.8 Å². The van der Waals surface area contributed by atoms with Gasteiger partial charge in [0.1, 0.15) is 0 Å². The van der Waals surface area contributed by atoms with Gasteiger partial charge < -0.3 is 20.1 Å². The number of ether oxygens (including phenoxy) is 2. The zero-order chi connectivity index (χ0) is 24.1. The second kappa shape index (κ2) is 10.4. The highest BCUT2D eigenvalue weighted by atomic mass is 16.5. The van der Waals surface area contributed by atoms with E-state index in [1.54, 1.807) is 42.5 Å². The number of hydrogen-bond donors (Lipinski definition) is 2. The fourth-order valence-corrected chi connectivity index (χ4v) is 4.26. The van der Waals surface area contributed by atoms with Crippen molar-refractivity contribution in [3.63, 3.8) is 0 Å². The summed E-state index contributed by atoms with van der Waals surface area (Å²) in [6.07, 6.45) is 5.32. The molecule has 0 unspecified atom stereocenters. The van der Waals surface area contributed by atoms with E-state index in [0.717, 1.165) is 30.4 Å². The van der Waals surface area contributed by atoms with Gasteiger partial charge in [-0.1, -0.05) is 37.5 Å². The Hall–Kier alpha value is -3.88. The first-order valence-electron chi connectivity index (χ1n) is 11.3. The first-order valence-corrected chi connectivity index (χ1v) is 11.3. The molecule has 0 saturated heterocycles. The van der Waals surface area contributed by atoms with Gasteiger partial charge in [-0.3, -0.25) is 14.4 Å². The molecule has 2 aromatic carbocycles. The van der Waals surface area contributed by atoms with Crippen LogP contribution in [0.5, 0.6) is 11.5 Å². The summed E-state index contributed by atoms with van der Waals surface area (Å²) < 4.78 is 11.8. The summed E-state index contributed by atoms with van der Waals surface area (Å²) in [7, 11) is 3.01. The summed E-state index contributed by atoms with van der Waals surface area (Å²) in [5, 5.41) is 10.7. The number of nitrogens with one attached hydrogen (secondary N) is 2. The number of hydrogen-bond acceptors (Lipinski definition) is 6. The Balaban J connectivity index is 1.63. The molecule has 9 nitrogen and oxygen atoms in total. The van der Waals surface area contributed by atoms with Crippen molar-refractivity contribution in [2.45, 2.75) is 38.1 Å². The zero-order valence-electron chi connectivity index (χ0n) is 19.3. The minimum Gasteiger partial charge on any atom is -0.493 e. The van der Waals surface area contributed by atoms with Crippen molar-refractivity contribution in [3.8, 4) is 17.2 Å². The molecule has 1 aromatic heterocycles. The Bertz CT molecular complexity index is 1260. The molecule has 0 bridgehead atoms. The van der Waals surface area contributed by atoms with E-state index in [0.29, 0.717) is 28.0 Å². The van der Waals surface area contributed by atoms with E-state index in [1.165, 1.54) is 20.6 Å². The lowest BCUT2D eigenvalue weighted by Crippen LogP contribution is -2.43. The highest BCUT2D eigenvalue weighted by Gasteiger charge is 2.20. The number of methoxy groups -OCH3 is 2. The largest absolute Gasteiger partial charge is 0.493 e. The van der Waals surface area contributed by atoms with Gasteiger partial charge in [-0.25, -0.2) is 0 Å². The van der Waals surface area contributed by atoms with Crippen LogP contribution < -0.4 is 25.7 Å². The highest BCUT2D eigenvalue weighted by Crippen LogP contribution is 2.28. The minimum atomic E-state index is -0.538. The van der Waals surface area contributed by atoms with E-state index in [4.69, 9.17) is 9.47 Å². The SMILES string of the molecule is COc1ccc(-n2nc(C(=O)NCC(=O)NC3CCCCC3)c3ccccc3c2=O)cc1OC. The van der Waals surface area contributed by atoms with Crippen LogP contribution >= 0.6 is 0 Å². The van der Waals surface area contributed by atoms with Gasteiger partial charge in [-0.15, -0.1) is 0 Å². The van der Waals surface area contributed by atoms with Crippen LogP contribution in [-0.2, 0) is 4.79 Å². The van der Waals surface area contributed by atoms with Crippen molar-refractivity contribution >= 4 is 22.6 Å². The van der Waals surface area contributed by atoms with Gasteiger partial charge in [-0.05, 0) is 31.0 Å². The fourth-order valence-electron chi connectivity index (χ4n) is 4.26. The maximum absolute atomic E-state index is 13.2. The second-order valence-electron chi connectivity index (χ2n) is 8.24. The Kier molecular flexibility index (Phi) is 7.10. The molecular weight excluding hydrogens is 436 g/mol. The summed E-state index contributed by atoms with van der Waals surface area (Å²) in [6.45, 7) is -0.166. The van der Waals surface area contributed by atoms with Crippen LogP contribution in [0.25, 0.3) is 16.5 Å². The molecule has 0 spiro atoms. The maximum atomic E-state index is 13.2. The van der Waals surface area contributed by atoms with Crippen molar-refractivity contribution in [2.24, 2.45) is 0 Å². The molecule has 1 aliphatic rings. The van der Waals surface area contributed by atoms with Gasteiger partial charge in [0.15, 0.2) is 17.2 Å². The highest BCUT2D eigenvalue weighted by molar-refractivity contribution is 6.05. The van der Waals surface area contributed by atoms with E-state index in [2.05, 4.69) is 15.7 Å². The number of aromatic nitrogens is 2. The van der Waals surface area contributed by atoms with Crippen LogP contribution in [0.4, 0.5) is 0 Å². The predicted octanol–water partition coefficient (Wildman–Crippen LogP) is 2.58. The van der Waals surface area contributed by atoms with E-state index in [-0.39, 0.29) is 29.7 Å². The second-order valence-corrected chi connectivity index (χ2v) is 8.24. The zero-order valence-corrected chi connectivity index (χ0v) is 19.3. The summed E-state index contributed by atoms with van der Waals surface area (Å²) >= 11 is 0. The Morgan fingerprint density at radius 3 is 2.41 bits per heavy atom. The van der Waals surface area contributed by atoms with E-state index < -0.39 is 5.91 Å². The molecule has 9 heteroatoms.